The third-order valence-corrected chi connectivity index (χ3v) is 8.84. The molecule has 0 spiro atoms. The van der Waals surface area contributed by atoms with Crippen LogP contribution in [0.3, 0.4) is 0 Å². The molecule has 1 fully saturated rings. The van der Waals surface area contributed by atoms with Crippen LogP contribution in [0.1, 0.15) is 30.9 Å². The van der Waals surface area contributed by atoms with Crippen molar-refractivity contribution >= 4 is 19.9 Å². The van der Waals surface area contributed by atoms with E-state index in [1.54, 1.807) is 19.1 Å². The summed E-state index contributed by atoms with van der Waals surface area (Å²) in [5.74, 6) is 0.456. The standard InChI is InChI=1S/C23H32N2O5S2/c1-3-31(26,27)16-15-30-22-7-9-23(10-8-22)32(28,29)24-21-11-13-25(14-12-21)18-20-6-4-5-19(2)17-20/h4-10,17,21,24H,3,11-16,18H2,1-2H3. The largest absolute Gasteiger partial charge is 0.493 e. The monoisotopic (exact) mass is 480 g/mol. The first-order valence-electron chi connectivity index (χ1n) is 10.9. The lowest BCUT2D eigenvalue weighted by Crippen LogP contribution is -2.44. The van der Waals surface area contributed by atoms with Crippen molar-refractivity contribution in [1.29, 1.82) is 0 Å². The van der Waals surface area contributed by atoms with Crippen molar-refractivity contribution in [2.75, 3.05) is 31.2 Å². The lowest BCUT2D eigenvalue weighted by atomic mass is 10.0. The molecule has 1 N–H and O–H groups in total. The second kappa shape index (κ2) is 10.8. The number of sulfonamides is 1. The normalized spacial score (nSPS) is 16.2. The number of rotatable bonds is 10. The van der Waals surface area contributed by atoms with Crippen LogP contribution in [0.25, 0.3) is 0 Å². The van der Waals surface area contributed by atoms with Crippen LogP contribution in [0.5, 0.6) is 5.75 Å². The molecule has 0 amide bonds. The Labute approximate surface area is 191 Å². The van der Waals surface area contributed by atoms with Gasteiger partial charge in [0.2, 0.25) is 10.0 Å². The fraction of sp³-hybridized carbons (Fsp3) is 0.478. The molecule has 9 heteroatoms. The van der Waals surface area contributed by atoms with E-state index < -0.39 is 19.9 Å². The molecule has 3 rings (SSSR count). The Morgan fingerprint density at radius 1 is 1.03 bits per heavy atom. The maximum Gasteiger partial charge on any atom is 0.240 e. The molecule has 1 aliphatic rings. The number of nitrogens with zero attached hydrogens (tertiary/aromatic N) is 1. The van der Waals surface area contributed by atoms with Crippen molar-refractivity contribution in [3.63, 3.8) is 0 Å². The minimum atomic E-state index is -3.63. The number of piperidine rings is 1. The van der Waals surface area contributed by atoms with Crippen LogP contribution in [0.15, 0.2) is 53.4 Å². The maximum absolute atomic E-state index is 12.8. The van der Waals surface area contributed by atoms with Crippen LogP contribution >= 0.6 is 0 Å². The van der Waals surface area contributed by atoms with Gasteiger partial charge in [-0.3, -0.25) is 4.90 Å². The molecule has 0 atom stereocenters. The molecule has 1 aliphatic heterocycles. The van der Waals surface area contributed by atoms with Crippen LogP contribution in [0, 0.1) is 6.92 Å². The summed E-state index contributed by atoms with van der Waals surface area (Å²) in [5.41, 5.74) is 2.52. The predicted octanol–water partition coefficient (Wildman–Crippen LogP) is 2.75. The fourth-order valence-corrected chi connectivity index (χ4v) is 5.64. The number of hydrogen-bond acceptors (Lipinski definition) is 6. The molecule has 0 aromatic heterocycles. The minimum absolute atomic E-state index is 0.0433. The Hall–Kier alpha value is -1.94. The Morgan fingerprint density at radius 3 is 2.34 bits per heavy atom. The van der Waals surface area contributed by atoms with E-state index in [1.165, 1.54) is 23.3 Å². The number of benzene rings is 2. The van der Waals surface area contributed by atoms with Gasteiger partial charge in [0.15, 0.2) is 9.84 Å². The smallest absolute Gasteiger partial charge is 0.240 e. The van der Waals surface area contributed by atoms with Gasteiger partial charge >= 0.3 is 0 Å². The summed E-state index contributed by atoms with van der Waals surface area (Å²) < 4.78 is 56.8. The van der Waals surface area contributed by atoms with Crippen molar-refractivity contribution in [2.45, 2.75) is 44.2 Å². The first-order valence-corrected chi connectivity index (χ1v) is 14.2. The quantitative estimate of drug-likeness (QED) is 0.562. The van der Waals surface area contributed by atoms with E-state index in [2.05, 4.69) is 40.8 Å². The maximum atomic E-state index is 12.8. The Balaban J connectivity index is 1.48. The Bertz CT molecular complexity index is 1090. The van der Waals surface area contributed by atoms with Gasteiger partial charge in [-0.05, 0) is 49.6 Å². The van der Waals surface area contributed by atoms with Crippen LogP contribution in [0.4, 0.5) is 0 Å². The molecular weight excluding hydrogens is 448 g/mol. The molecule has 0 radical (unpaired) electrons. The molecule has 0 aliphatic carbocycles. The molecule has 7 nitrogen and oxygen atoms in total. The molecule has 32 heavy (non-hydrogen) atoms. The van der Waals surface area contributed by atoms with Crippen molar-refractivity contribution in [3.8, 4) is 5.75 Å². The lowest BCUT2D eigenvalue weighted by molar-refractivity contribution is 0.200. The second-order valence-electron chi connectivity index (χ2n) is 8.22. The SMILES string of the molecule is CCS(=O)(=O)CCOc1ccc(S(=O)(=O)NC2CCN(Cc3cccc(C)c3)CC2)cc1. The number of likely N-dealkylation sites (tertiary alicyclic amines) is 1. The molecular formula is C23H32N2O5S2. The van der Waals surface area contributed by atoms with Crippen molar-refractivity contribution in [3.05, 3.63) is 59.7 Å². The van der Waals surface area contributed by atoms with Crippen LogP contribution < -0.4 is 9.46 Å². The molecule has 176 valence electrons. The van der Waals surface area contributed by atoms with E-state index in [4.69, 9.17) is 4.74 Å². The number of hydrogen-bond donors (Lipinski definition) is 1. The summed E-state index contributed by atoms with van der Waals surface area (Å²) in [6.07, 6.45) is 1.52. The van der Waals surface area contributed by atoms with Crippen molar-refractivity contribution in [2.24, 2.45) is 0 Å². The summed E-state index contributed by atoms with van der Waals surface area (Å²) in [6.45, 7) is 6.28. The van der Waals surface area contributed by atoms with Crippen LogP contribution in [0.2, 0.25) is 0 Å². The van der Waals surface area contributed by atoms with E-state index in [-0.39, 0.29) is 29.0 Å². The summed E-state index contributed by atoms with van der Waals surface area (Å²) in [4.78, 5) is 2.53. The third kappa shape index (κ3) is 7.30. The number of aryl methyl sites for hydroxylation is 1. The van der Waals surface area contributed by atoms with Gasteiger partial charge in [-0.1, -0.05) is 36.8 Å². The summed E-state index contributed by atoms with van der Waals surface area (Å²) in [5, 5.41) is 0. The van der Waals surface area contributed by atoms with E-state index >= 15 is 0 Å². The molecule has 1 saturated heterocycles. The summed E-state index contributed by atoms with van der Waals surface area (Å²) in [7, 11) is -6.72. The number of ether oxygens (including phenoxy) is 1. The van der Waals surface area contributed by atoms with E-state index in [0.29, 0.717) is 5.75 Å². The molecule has 0 saturated carbocycles. The minimum Gasteiger partial charge on any atom is -0.493 e. The molecule has 1 heterocycles. The van der Waals surface area contributed by atoms with Gasteiger partial charge in [0, 0.05) is 31.4 Å². The summed E-state index contributed by atoms with van der Waals surface area (Å²) >= 11 is 0. The van der Waals surface area contributed by atoms with Gasteiger partial charge in [0.05, 0.1) is 10.6 Å². The van der Waals surface area contributed by atoms with E-state index in [0.717, 1.165) is 32.5 Å². The van der Waals surface area contributed by atoms with Gasteiger partial charge in [-0.25, -0.2) is 21.6 Å². The third-order valence-electron chi connectivity index (χ3n) is 5.63. The van der Waals surface area contributed by atoms with Crippen LogP contribution in [-0.2, 0) is 26.4 Å². The number of sulfone groups is 1. The van der Waals surface area contributed by atoms with Gasteiger partial charge in [0.25, 0.3) is 0 Å². The van der Waals surface area contributed by atoms with Gasteiger partial charge in [0.1, 0.15) is 12.4 Å². The van der Waals surface area contributed by atoms with Crippen molar-refractivity contribution in [1.82, 2.24) is 9.62 Å². The summed E-state index contributed by atoms with van der Waals surface area (Å²) in [6, 6.07) is 14.4. The zero-order valence-electron chi connectivity index (χ0n) is 18.7. The van der Waals surface area contributed by atoms with Gasteiger partial charge in [-0.2, -0.15) is 0 Å². The molecule has 2 aromatic carbocycles. The highest BCUT2D eigenvalue weighted by Crippen LogP contribution is 2.19. The zero-order chi connectivity index (χ0) is 23.2. The average Bonchev–Trinajstić information content (AvgIpc) is 2.75. The first-order chi connectivity index (χ1) is 15.2. The van der Waals surface area contributed by atoms with Crippen LogP contribution in [-0.4, -0.2) is 59.0 Å². The van der Waals surface area contributed by atoms with E-state index in [9.17, 15) is 16.8 Å². The second-order valence-corrected chi connectivity index (χ2v) is 12.4. The fourth-order valence-electron chi connectivity index (χ4n) is 3.71. The Morgan fingerprint density at radius 2 is 1.72 bits per heavy atom. The molecule has 0 unspecified atom stereocenters. The zero-order valence-corrected chi connectivity index (χ0v) is 20.3. The average molecular weight is 481 g/mol. The highest BCUT2D eigenvalue weighted by Gasteiger charge is 2.24. The lowest BCUT2D eigenvalue weighted by Gasteiger charge is -2.32. The highest BCUT2D eigenvalue weighted by molar-refractivity contribution is 7.91. The number of nitrogens with one attached hydrogen (secondary N) is 1. The highest BCUT2D eigenvalue weighted by atomic mass is 32.2. The topological polar surface area (TPSA) is 92.8 Å². The van der Waals surface area contributed by atoms with Gasteiger partial charge in [-0.15, -0.1) is 0 Å². The van der Waals surface area contributed by atoms with Crippen molar-refractivity contribution < 1.29 is 21.6 Å². The molecule has 2 aromatic rings. The first kappa shape index (κ1) is 24.7. The Kier molecular flexibility index (Phi) is 8.32. The molecule has 0 bridgehead atoms. The predicted molar refractivity (Wildman–Crippen MR) is 126 cm³/mol. The van der Waals surface area contributed by atoms with E-state index in [1.807, 2.05) is 0 Å². The van der Waals surface area contributed by atoms with Gasteiger partial charge < -0.3 is 4.74 Å².